The van der Waals surface area contributed by atoms with Gasteiger partial charge in [-0.25, -0.2) is 8.61 Å². The zero-order valence-corrected chi connectivity index (χ0v) is 11.9. The van der Waals surface area contributed by atoms with Crippen molar-refractivity contribution in [1.29, 1.82) is 0 Å². The van der Waals surface area contributed by atoms with Gasteiger partial charge in [-0.2, -0.15) is 0 Å². The van der Waals surface area contributed by atoms with Crippen molar-refractivity contribution in [2.75, 3.05) is 14.1 Å². The van der Waals surface area contributed by atoms with Crippen LogP contribution >= 0.6 is 22.0 Å². The first-order valence-corrected chi connectivity index (χ1v) is 7.39. The van der Waals surface area contributed by atoms with Crippen LogP contribution in [0, 0.1) is 0 Å². The maximum absolute atomic E-state index is 2.32. The summed E-state index contributed by atoms with van der Waals surface area (Å²) in [7, 11) is 8.00. The molecule has 0 spiro atoms. The normalized spacial score (nSPS) is 16.3. The average molecular weight is 236 g/mol. The Balaban J connectivity index is 3.70. The van der Waals surface area contributed by atoms with E-state index in [9.17, 15) is 0 Å². The topological polar surface area (TPSA) is 6.48 Å². The van der Waals surface area contributed by atoms with Gasteiger partial charge in [0.15, 0.2) is 0 Å². The first-order valence-electron chi connectivity index (χ1n) is 5.33. The van der Waals surface area contributed by atoms with Crippen LogP contribution < -0.4 is 0 Å². The molecule has 4 heteroatoms. The highest BCUT2D eigenvalue weighted by Gasteiger charge is 2.12. The van der Waals surface area contributed by atoms with Gasteiger partial charge in [0.25, 0.3) is 0 Å². The fraction of sp³-hybridized carbons (Fsp3) is 1.00. The van der Waals surface area contributed by atoms with Crippen LogP contribution in [0.25, 0.3) is 0 Å². The highest BCUT2D eigenvalue weighted by atomic mass is 33.1. The standard InChI is InChI=1S/C10H24N2S2/c1-7-9(3)11(5)13-14-12(6)10(4)8-2/h9-10H,7-8H2,1-6H3. The van der Waals surface area contributed by atoms with Gasteiger partial charge in [-0.1, -0.05) is 13.8 Å². The molecule has 0 N–H and O–H groups in total. The lowest BCUT2D eigenvalue weighted by Gasteiger charge is -2.26. The number of hydrogen-bond acceptors (Lipinski definition) is 4. The van der Waals surface area contributed by atoms with Crippen LogP contribution in [0.15, 0.2) is 0 Å². The van der Waals surface area contributed by atoms with E-state index >= 15 is 0 Å². The lowest BCUT2D eigenvalue weighted by atomic mass is 10.3. The van der Waals surface area contributed by atoms with Gasteiger partial charge in [0.05, 0.1) is 0 Å². The minimum Gasteiger partial charge on any atom is -0.240 e. The molecule has 0 saturated carbocycles. The molecule has 0 aliphatic rings. The Kier molecular flexibility index (Phi) is 8.20. The smallest absolute Gasteiger partial charge is 0.0176 e. The molecule has 0 aliphatic carbocycles. The molecule has 0 aromatic carbocycles. The average Bonchev–Trinajstić information content (AvgIpc) is 2.22. The van der Waals surface area contributed by atoms with E-state index in [0.29, 0.717) is 12.1 Å². The van der Waals surface area contributed by atoms with Gasteiger partial charge in [-0.15, -0.1) is 0 Å². The predicted molar refractivity (Wildman–Crippen MR) is 70.2 cm³/mol. The van der Waals surface area contributed by atoms with Gasteiger partial charge in [0.1, 0.15) is 0 Å². The molecule has 0 radical (unpaired) electrons. The maximum atomic E-state index is 2.32. The van der Waals surface area contributed by atoms with Crippen LogP contribution in [0.5, 0.6) is 0 Å². The minimum atomic E-state index is 0.651. The van der Waals surface area contributed by atoms with Gasteiger partial charge in [-0.3, -0.25) is 0 Å². The monoisotopic (exact) mass is 236 g/mol. The summed E-state index contributed by atoms with van der Waals surface area (Å²) in [5.41, 5.74) is 0. The van der Waals surface area contributed by atoms with Crippen molar-refractivity contribution >= 4 is 22.0 Å². The van der Waals surface area contributed by atoms with E-state index < -0.39 is 0 Å². The fourth-order valence-electron chi connectivity index (χ4n) is 0.766. The van der Waals surface area contributed by atoms with Crippen molar-refractivity contribution in [2.24, 2.45) is 0 Å². The maximum Gasteiger partial charge on any atom is 0.0176 e. The summed E-state index contributed by atoms with van der Waals surface area (Å²) in [6, 6.07) is 1.30. The largest absolute Gasteiger partial charge is 0.240 e. The van der Waals surface area contributed by atoms with Crippen LogP contribution in [-0.4, -0.2) is 34.8 Å². The molecule has 2 atom stereocenters. The number of rotatable bonds is 7. The SMILES string of the molecule is CCC(C)N(C)SSN(C)C(C)CC. The molecule has 2 unspecified atom stereocenters. The van der Waals surface area contributed by atoms with Crippen LogP contribution in [-0.2, 0) is 0 Å². The van der Waals surface area contributed by atoms with Gasteiger partial charge >= 0.3 is 0 Å². The summed E-state index contributed by atoms with van der Waals surface area (Å²) in [5.74, 6) is 0. The van der Waals surface area contributed by atoms with E-state index in [1.165, 1.54) is 12.8 Å². The number of nitrogens with zero attached hydrogens (tertiary/aromatic N) is 2. The van der Waals surface area contributed by atoms with Crippen molar-refractivity contribution in [3.8, 4) is 0 Å². The molecule has 0 rings (SSSR count). The second-order valence-electron chi connectivity index (χ2n) is 3.76. The summed E-state index contributed by atoms with van der Waals surface area (Å²) in [5, 5.41) is 0. The molecular weight excluding hydrogens is 212 g/mol. The Bertz CT molecular complexity index is 128. The summed E-state index contributed by atoms with van der Waals surface area (Å²) in [6.45, 7) is 8.98. The molecule has 14 heavy (non-hydrogen) atoms. The summed E-state index contributed by atoms with van der Waals surface area (Å²) < 4.78 is 4.65. The van der Waals surface area contributed by atoms with Gasteiger partial charge in [0.2, 0.25) is 0 Å². The predicted octanol–water partition coefficient (Wildman–Crippen LogP) is 3.66. The van der Waals surface area contributed by atoms with Crippen molar-refractivity contribution in [2.45, 2.75) is 52.6 Å². The molecule has 0 bridgehead atoms. The fourth-order valence-corrected chi connectivity index (χ4v) is 3.08. The molecule has 0 aromatic rings. The molecule has 0 heterocycles. The second kappa shape index (κ2) is 7.85. The molecule has 0 aliphatic heterocycles. The second-order valence-corrected chi connectivity index (χ2v) is 6.10. The van der Waals surface area contributed by atoms with E-state index in [1.807, 2.05) is 22.0 Å². The van der Waals surface area contributed by atoms with Crippen LogP contribution in [0.2, 0.25) is 0 Å². The molecular formula is C10H24N2S2. The molecule has 0 saturated heterocycles. The summed E-state index contributed by atoms with van der Waals surface area (Å²) in [6.07, 6.45) is 2.41. The Labute approximate surface area is 97.5 Å². The third kappa shape index (κ3) is 5.49. The molecule has 0 aromatic heterocycles. The highest BCUT2D eigenvalue weighted by molar-refractivity contribution is 8.74. The Morgan fingerprint density at radius 2 is 1.14 bits per heavy atom. The van der Waals surface area contributed by atoms with Crippen LogP contribution in [0.3, 0.4) is 0 Å². The Morgan fingerprint density at radius 3 is 1.36 bits per heavy atom. The van der Waals surface area contributed by atoms with Gasteiger partial charge < -0.3 is 0 Å². The first kappa shape index (κ1) is 14.6. The Hall–Kier alpha value is 0.620. The quantitative estimate of drug-likeness (QED) is 0.491. The van der Waals surface area contributed by atoms with E-state index in [1.54, 1.807) is 0 Å². The van der Waals surface area contributed by atoms with E-state index in [2.05, 4.69) is 50.4 Å². The van der Waals surface area contributed by atoms with E-state index in [0.717, 1.165) is 0 Å². The third-order valence-electron chi connectivity index (χ3n) is 2.69. The van der Waals surface area contributed by atoms with E-state index in [4.69, 9.17) is 0 Å². The highest BCUT2D eigenvalue weighted by Crippen LogP contribution is 2.31. The summed E-state index contributed by atoms with van der Waals surface area (Å²) in [4.78, 5) is 0. The third-order valence-corrected chi connectivity index (χ3v) is 5.56. The van der Waals surface area contributed by atoms with E-state index in [-0.39, 0.29) is 0 Å². The van der Waals surface area contributed by atoms with Crippen LogP contribution in [0.1, 0.15) is 40.5 Å². The first-order chi connectivity index (χ1) is 6.52. The van der Waals surface area contributed by atoms with Gasteiger partial charge in [-0.05, 0) is 40.8 Å². The molecule has 0 fully saturated rings. The van der Waals surface area contributed by atoms with Crippen molar-refractivity contribution in [3.63, 3.8) is 0 Å². The number of hydrogen-bond donors (Lipinski definition) is 0. The Morgan fingerprint density at radius 1 is 0.857 bits per heavy atom. The zero-order valence-electron chi connectivity index (χ0n) is 10.3. The van der Waals surface area contributed by atoms with Gasteiger partial charge in [0, 0.05) is 34.0 Å². The molecule has 2 nitrogen and oxygen atoms in total. The lowest BCUT2D eigenvalue weighted by molar-refractivity contribution is 0.421. The van der Waals surface area contributed by atoms with Crippen molar-refractivity contribution in [3.05, 3.63) is 0 Å². The lowest BCUT2D eigenvalue weighted by Crippen LogP contribution is -2.24. The minimum absolute atomic E-state index is 0.651. The summed E-state index contributed by atoms with van der Waals surface area (Å²) >= 11 is 0. The van der Waals surface area contributed by atoms with Crippen LogP contribution in [0.4, 0.5) is 0 Å². The van der Waals surface area contributed by atoms with Crippen molar-refractivity contribution < 1.29 is 0 Å². The zero-order chi connectivity index (χ0) is 11.1. The molecule has 0 amide bonds. The van der Waals surface area contributed by atoms with Crippen molar-refractivity contribution in [1.82, 2.24) is 8.61 Å². The molecule has 86 valence electrons.